The van der Waals surface area contributed by atoms with Crippen LogP contribution in [0.4, 0.5) is 0 Å². The fourth-order valence-electron chi connectivity index (χ4n) is 1.94. The van der Waals surface area contributed by atoms with E-state index in [0.29, 0.717) is 6.04 Å². The van der Waals surface area contributed by atoms with E-state index < -0.39 is 0 Å². The zero-order valence-corrected chi connectivity index (χ0v) is 9.12. The van der Waals surface area contributed by atoms with Crippen LogP contribution < -0.4 is 5.32 Å². The number of amides is 1. The topological polar surface area (TPSA) is 32.3 Å². The number of likely N-dealkylation sites (tertiary alicyclic amines) is 1. The Morgan fingerprint density at radius 2 is 2.50 bits per heavy atom. The molecule has 1 saturated heterocycles. The van der Waals surface area contributed by atoms with E-state index in [4.69, 9.17) is 0 Å². The van der Waals surface area contributed by atoms with Crippen LogP contribution in [-0.4, -0.2) is 36.0 Å². The lowest BCUT2D eigenvalue weighted by Crippen LogP contribution is -2.41. The highest BCUT2D eigenvalue weighted by Crippen LogP contribution is 2.16. The van der Waals surface area contributed by atoms with Crippen molar-refractivity contribution in [1.29, 1.82) is 0 Å². The first kappa shape index (κ1) is 11.2. The van der Waals surface area contributed by atoms with E-state index in [9.17, 15) is 4.79 Å². The van der Waals surface area contributed by atoms with Gasteiger partial charge in [0.15, 0.2) is 0 Å². The molecule has 2 atom stereocenters. The third-order valence-electron chi connectivity index (χ3n) is 2.73. The van der Waals surface area contributed by atoms with Crippen molar-refractivity contribution in [2.24, 2.45) is 0 Å². The molecular formula is C11H20N2O. The van der Waals surface area contributed by atoms with Crippen LogP contribution in [0.2, 0.25) is 0 Å². The molecule has 1 aliphatic heterocycles. The van der Waals surface area contributed by atoms with Crippen LogP contribution in [0.25, 0.3) is 0 Å². The monoisotopic (exact) mass is 196 g/mol. The van der Waals surface area contributed by atoms with Gasteiger partial charge >= 0.3 is 0 Å². The van der Waals surface area contributed by atoms with Crippen molar-refractivity contribution in [3.05, 3.63) is 12.7 Å². The number of carbonyl (C=O) groups is 1. The lowest BCUT2D eigenvalue weighted by molar-refractivity contribution is -0.131. The molecule has 0 saturated carbocycles. The standard InChI is InChI=1S/C11H20N2O/c1-4-6-9(3)13-8-7-10(11(13)14)12-5-2/h4,9-10,12H,1,5-8H2,2-3H3. The van der Waals surface area contributed by atoms with Crippen LogP contribution in [-0.2, 0) is 4.79 Å². The van der Waals surface area contributed by atoms with Crippen molar-refractivity contribution in [2.75, 3.05) is 13.1 Å². The van der Waals surface area contributed by atoms with Crippen molar-refractivity contribution in [2.45, 2.75) is 38.8 Å². The third-order valence-corrected chi connectivity index (χ3v) is 2.73. The van der Waals surface area contributed by atoms with Gasteiger partial charge in [-0.1, -0.05) is 13.0 Å². The van der Waals surface area contributed by atoms with E-state index in [-0.39, 0.29) is 11.9 Å². The summed E-state index contributed by atoms with van der Waals surface area (Å²) in [4.78, 5) is 13.8. The van der Waals surface area contributed by atoms with Crippen molar-refractivity contribution in [3.8, 4) is 0 Å². The molecule has 0 aliphatic carbocycles. The van der Waals surface area contributed by atoms with Gasteiger partial charge in [0.05, 0.1) is 6.04 Å². The molecule has 1 amide bonds. The van der Waals surface area contributed by atoms with Crippen molar-refractivity contribution in [3.63, 3.8) is 0 Å². The molecule has 14 heavy (non-hydrogen) atoms. The fourth-order valence-corrected chi connectivity index (χ4v) is 1.94. The first-order chi connectivity index (χ1) is 6.70. The summed E-state index contributed by atoms with van der Waals surface area (Å²) >= 11 is 0. The normalized spacial score (nSPS) is 24.0. The SMILES string of the molecule is C=CCC(C)N1CCC(NCC)C1=O. The highest BCUT2D eigenvalue weighted by atomic mass is 16.2. The van der Waals surface area contributed by atoms with Gasteiger partial charge in [0, 0.05) is 12.6 Å². The highest BCUT2D eigenvalue weighted by molar-refractivity contribution is 5.84. The number of hydrogen-bond donors (Lipinski definition) is 1. The second kappa shape index (κ2) is 5.15. The van der Waals surface area contributed by atoms with Crippen molar-refractivity contribution in [1.82, 2.24) is 10.2 Å². The maximum Gasteiger partial charge on any atom is 0.240 e. The summed E-state index contributed by atoms with van der Waals surface area (Å²) in [5.41, 5.74) is 0. The Hall–Kier alpha value is -0.830. The molecule has 3 nitrogen and oxygen atoms in total. The molecule has 3 heteroatoms. The van der Waals surface area contributed by atoms with Gasteiger partial charge in [0.2, 0.25) is 5.91 Å². The van der Waals surface area contributed by atoms with Gasteiger partial charge in [-0.2, -0.15) is 0 Å². The summed E-state index contributed by atoms with van der Waals surface area (Å²) in [6, 6.07) is 0.343. The summed E-state index contributed by atoms with van der Waals surface area (Å²) in [5, 5.41) is 3.20. The number of rotatable bonds is 5. The zero-order valence-electron chi connectivity index (χ0n) is 9.12. The van der Waals surface area contributed by atoms with E-state index in [0.717, 1.165) is 25.9 Å². The molecular weight excluding hydrogens is 176 g/mol. The summed E-state index contributed by atoms with van der Waals surface area (Å²) < 4.78 is 0. The van der Waals surface area contributed by atoms with Crippen LogP contribution in [0.15, 0.2) is 12.7 Å². The predicted octanol–water partition coefficient (Wildman–Crippen LogP) is 1.16. The van der Waals surface area contributed by atoms with Gasteiger partial charge in [0.1, 0.15) is 0 Å². The quantitative estimate of drug-likeness (QED) is 0.669. The third kappa shape index (κ3) is 2.35. The van der Waals surface area contributed by atoms with E-state index in [1.807, 2.05) is 17.9 Å². The van der Waals surface area contributed by atoms with Gasteiger partial charge in [-0.25, -0.2) is 0 Å². The van der Waals surface area contributed by atoms with E-state index in [2.05, 4.69) is 18.8 Å². The van der Waals surface area contributed by atoms with Gasteiger partial charge in [-0.3, -0.25) is 4.79 Å². The van der Waals surface area contributed by atoms with Crippen LogP contribution in [0.1, 0.15) is 26.7 Å². The van der Waals surface area contributed by atoms with Crippen LogP contribution >= 0.6 is 0 Å². The Morgan fingerprint density at radius 3 is 3.07 bits per heavy atom. The average Bonchev–Trinajstić information content (AvgIpc) is 2.49. The summed E-state index contributed by atoms with van der Waals surface area (Å²) in [6.45, 7) is 9.55. The number of nitrogens with one attached hydrogen (secondary N) is 1. The van der Waals surface area contributed by atoms with Gasteiger partial charge in [0.25, 0.3) is 0 Å². The van der Waals surface area contributed by atoms with E-state index in [1.165, 1.54) is 0 Å². The molecule has 1 aliphatic rings. The minimum absolute atomic E-state index is 0.0484. The number of hydrogen-bond acceptors (Lipinski definition) is 2. The van der Waals surface area contributed by atoms with Gasteiger partial charge in [-0.05, 0) is 26.3 Å². The molecule has 80 valence electrons. The first-order valence-electron chi connectivity index (χ1n) is 5.35. The van der Waals surface area contributed by atoms with Crippen molar-refractivity contribution >= 4 is 5.91 Å². The summed E-state index contributed by atoms with van der Waals surface area (Å²) in [5.74, 6) is 0.251. The van der Waals surface area contributed by atoms with E-state index in [1.54, 1.807) is 0 Å². The maximum atomic E-state index is 11.8. The summed E-state index contributed by atoms with van der Waals surface area (Å²) in [6.07, 6.45) is 3.69. The number of nitrogens with zero attached hydrogens (tertiary/aromatic N) is 1. The smallest absolute Gasteiger partial charge is 0.240 e. The molecule has 0 spiro atoms. The molecule has 2 unspecified atom stereocenters. The number of carbonyl (C=O) groups excluding carboxylic acids is 1. The van der Waals surface area contributed by atoms with Crippen molar-refractivity contribution < 1.29 is 4.79 Å². The Morgan fingerprint density at radius 1 is 1.79 bits per heavy atom. The molecule has 1 heterocycles. The Balaban J connectivity index is 2.50. The van der Waals surface area contributed by atoms with E-state index >= 15 is 0 Å². The minimum Gasteiger partial charge on any atom is -0.338 e. The fraction of sp³-hybridized carbons (Fsp3) is 0.727. The molecule has 0 aromatic rings. The predicted molar refractivity (Wildman–Crippen MR) is 58.1 cm³/mol. The van der Waals surface area contributed by atoms with Crippen LogP contribution in [0.5, 0.6) is 0 Å². The Kier molecular flexibility index (Phi) is 4.14. The minimum atomic E-state index is 0.0484. The highest BCUT2D eigenvalue weighted by Gasteiger charge is 2.32. The molecule has 0 aromatic carbocycles. The van der Waals surface area contributed by atoms with Gasteiger partial charge < -0.3 is 10.2 Å². The molecule has 0 aromatic heterocycles. The second-order valence-corrected chi connectivity index (χ2v) is 3.80. The maximum absolute atomic E-state index is 11.8. The number of likely N-dealkylation sites (N-methyl/N-ethyl adjacent to an activating group) is 1. The zero-order chi connectivity index (χ0) is 10.6. The molecule has 0 bridgehead atoms. The lowest BCUT2D eigenvalue weighted by atomic mass is 10.2. The molecule has 1 rings (SSSR count). The average molecular weight is 196 g/mol. The second-order valence-electron chi connectivity index (χ2n) is 3.80. The molecule has 1 fully saturated rings. The van der Waals surface area contributed by atoms with Crippen LogP contribution in [0, 0.1) is 0 Å². The first-order valence-corrected chi connectivity index (χ1v) is 5.35. The van der Waals surface area contributed by atoms with Crippen LogP contribution in [0.3, 0.4) is 0 Å². The molecule has 0 radical (unpaired) electrons. The lowest BCUT2D eigenvalue weighted by Gasteiger charge is -2.23. The Labute approximate surface area is 86.2 Å². The largest absolute Gasteiger partial charge is 0.338 e. The Bertz CT molecular complexity index is 215. The summed E-state index contributed by atoms with van der Waals surface area (Å²) in [7, 11) is 0. The molecule has 1 N–H and O–H groups in total. The van der Waals surface area contributed by atoms with Gasteiger partial charge in [-0.15, -0.1) is 6.58 Å².